The molecule has 0 unspecified atom stereocenters. The van der Waals surface area contributed by atoms with Crippen LogP contribution in [0.25, 0.3) is 0 Å². The highest BCUT2D eigenvalue weighted by Crippen LogP contribution is 2.15. The first-order valence-corrected chi connectivity index (χ1v) is 27.2. The topological polar surface area (TPSA) is 61.8 Å². The third-order valence-electron chi connectivity index (χ3n) is 11.9. The van der Waals surface area contributed by atoms with E-state index < -0.39 is 6.10 Å². The SMILES string of the molecule is CCCCC/C=C\C/C=C\CCCCCCCC(=O)OCC(COC(=O)CCCCCCC/C=C\C/C=C\CCCCC)OCCCCCCCCCCCCCCCCCC. The molecule has 0 heterocycles. The zero-order chi connectivity index (χ0) is 44.9. The molecule has 0 N–H and O–H groups in total. The van der Waals surface area contributed by atoms with Gasteiger partial charge in [0.05, 0.1) is 0 Å². The zero-order valence-electron chi connectivity index (χ0n) is 41.6. The molecule has 0 saturated heterocycles. The molecular weight excluding hydrogens is 765 g/mol. The van der Waals surface area contributed by atoms with Crippen LogP contribution in [-0.2, 0) is 23.8 Å². The number of allylic oxidation sites excluding steroid dienone is 8. The summed E-state index contributed by atoms with van der Waals surface area (Å²) in [7, 11) is 0. The largest absolute Gasteiger partial charge is 0.463 e. The van der Waals surface area contributed by atoms with Crippen molar-refractivity contribution in [3.8, 4) is 0 Å². The van der Waals surface area contributed by atoms with Crippen molar-refractivity contribution in [3.63, 3.8) is 0 Å². The van der Waals surface area contributed by atoms with E-state index in [0.717, 1.165) is 77.0 Å². The average Bonchev–Trinajstić information content (AvgIpc) is 3.28. The second kappa shape index (κ2) is 53.2. The molecule has 0 aliphatic carbocycles. The molecule has 0 saturated carbocycles. The Morgan fingerprint density at radius 2 is 0.613 bits per heavy atom. The molecular formula is C57H104O5. The number of unbranched alkanes of at least 4 members (excludes halogenated alkanes) is 31. The van der Waals surface area contributed by atoms with Crippen molar-refractivity contribution < 1.29 is 23.8 Å². The minimum absolute atomic E-state index is 0.148. The number of hydrogen-bond acceptors (Lipinski definition) is 5. The zero-order valence-corrected chi connectivity index (χ0v) is 41.6. The van der Waals surface area contributed by atoms with Gasteiger partial charge in [0, 0.05) is 19.4 Å². The van der Waals surface area contributed by atoms with E-state index in [2.05, 4.69) is 69.4 Å². The molecule has 5 nitrogen and oxygen atoms in total. The van der Waals surface area contributed by atoms with Gasteiger partial charge in [-0.2, -0.15) is 0 Å². The maximum absolute atomic E-state index is 12.6. The smallest absolute Gasteiger partial charge is 0.305 e. The van der Waals surface area contributed by atoms with E-state index in [1.54, 1.807) is 0 Å². The number of hydrogen-bond donors (Lipinski definition) is 0. The van der Waals surface area contributed by atoms with Gasteiger partial charge >= 0.3 is 11.9 Å². The third kappa shape index (κ3) is 50.5. The lowest BCUT2D eigenvalue weighted by Gasteiger charge is -2.18. The summed E-state index contributed by atoms with van der Waals surface area (Å²) in [6.45, 7) is 7.68. The monoisotopic (exact) mass is 869 g/mol. The molecule has 0 aliphatic heterocycles. The first-order chi connectivity index (χ1) is 30.6. The first-order valence-electron chi connectivity index (χ1n) is 27.2. The van der Waals surface area contributed by atoms with Gasteiger partial charge in [0.2, 0.25) is 0 Å². The molecule has 0 amide bonds. The Kier molecular flexibility index (Phi) is 51.4. The van der Waals surface area contributed by atoms with Gasteiger partial charge in [-0.1, -0.05) is 230 Å². The Morgan fingerprint density at radius 3 is 0.968 bits per heavy atom. The molecule has 0 radical (unpaired) electrons. The maximum atomic E-state index is 12.6. The van der Waals surface area contributed by atoms with Crippen LogP contribution in [0, 0.1) is 0 Å². The second-order valence-electron chi connectivity index (χ2n) is 18.1. The van der Waals surface area contributed by atoms with Crippen molar-refractivity contribution in [3.05, 3.63) is 48.6 Å². The first kappa shape index (κ1) is 59.9. The standard InChI is InChI=1S/C57H104O5/c1-4-7-10-13-16-19-22-25-28-31-34-37-40-43-46-49-52-60-55(53-61-56(58)50-47-44-41-38-35-32-29-26-23-20-17-14-11-8-5-2)54-62-57(59)51-48-45-42-39-36-33-30-27-24-21-18-15-12-9-6-3/h17-18,20-21,26-27,29-30,55H,4-16,19,22-25,28,31-54H2,1-3H3/b20-17-,21-18-,29-26-,30-27-. The Labute approximate surface area is 386 Å². The number of carbonyl (C=O) groups is 2. The Bertz CT molecular complexity index is 966. The predicted octanol–water partition coefficient (Wildman–Crippen LogP) is 18.3. The third-order valence-corrected chi connectivity index (χ3v) is 11.9. The normalized spacial score (nSPS) is 12.1. The van der Waals surface area contributed by atoms with Gasteiger partial charge in [0.1, 0.15) is 19.3 Å². The molecule has 0 aromatic rings. The Morgan fingerprint density at radius 1 is 0.339 bits per heavy atom. The fraction of sp³-hybridized carbons (Fsp3) is 0.825. The summed E-state index contributed by atoms with van der Waals surface area (Å²) in [5.74, 6) is -0.355. The van der Waals surface area contributed by atoms with Crippen molar-refractivity contribution in [2.75, 3.05) is 19.8 Å². The minimum atomic E-state index is -0.409. The van der Waals surface area contributed by atoms with Gasteiger partial charge in [0.25, 0.3) is 0 Å². The van der Waals surface area contributed by atoms with Gasteiger partial charge in [-0.3, -0.25) is 9.59 Å². The van der Waals surface area contributed by atoms with Crippen LogP contribution in [0.1, 0.15) is 278 Å². The summed E-state index contributed by atoms with van der Waals surface area (Å²) < 4.78 is 17.5. The van der Waals surface area contributed by atoms with Crippen molar-refractivity contribution >= 4 is 11.9 Å². The van der Waals surface area contributed by atoms with Crippen LogP contribution in [0.4, 0.5) is 0 Å². The summed E-state index contributed by atoms with van der Waals surface area (Å²) in [5, 5.41) is 0. The predicted molar refractivity (Wildman–Crippen MR) is 270 cm³/mol. The molecule has 362 valence electrons. The van der Waals surface area contributed by atoms with Gasteiger partial charge in [-0.15, -0.1) is 0 Å². The Hall–Kier alpha value is -2.14. The van der Waals surface area contributed by atoms with E-state index in [4.69, 9.17) is 14.2 Å². The van der Waals surface area contributed by atoms with Gasteiger partial charge in [-0.25, -0.2) is 0 Å². The minimum Gasteiger partial charge on any atom is -0.463 e. The van der Waals surface area contributed by atoms with E-state index in [1.165, 1.54) is 167 Å². The molecule has 0 atom stereocenters. The van der Waals surface area contributed by atoms with Crippen LogP contribution < -0.4 is 0 Å². The molecule has 0 aromatic carbocycles. The van der Waals surface area contributed by atoms with Crippen LogP contribution in [0.15, 0.2) is 48.6 Å². The van der Waals surface area contributed by atoms with Crippen molar-refractivity contribution in [1.82, 2.24) is 0 Å². The van der Waals surface area contributed by atoms with Gasteiger partial charge < -0.3 is 14.2 Å². The number of ether oxygens (including phenoxy) is 3. The molecule has 0 spiro atoms. The highest BCUT2D eigenvalue weighted by atomic mass is 16.6. The molecule has 0 rings (SSSR count). The lowest BCUT2D eigenvalue weighted by atomic mass is 10.0. The molecule has 0 fully saturated rings. The van der Waals surface area contributed by atoms with Crippen LogP contribution in [0.3, 0.4) is 0 Å². The van der Waals surface area contributed by atoms with Gasteiger partial charge in [-0.05, 0) is 83.5 Å². The molecule has 5 heteroatoms. The maximum Gasteiger partial charge on any atom is 0.305 e. The highest BCUT2D eigenvalue weighted by Gasteiger charge is 2.16. The number of rotatable bonds is 50. The second-order valence-corrected chi connectivity index (χ2v) is 18.1. The fourth-order valence-corrected chi connectivity index (χ4v) is 7.72. The fourth-order valence-electron chi connectivity index (χ4n) is 7.72. The lowest BCUT2D eigenvalue weighted by Crippen LogP contribution is -2.29. The summed E-state index contributed by atoms with van der Waals surface area (Å²) >= 11 is 0. The van der Waals surface area contributed by atoms with Crippen LogP contribution >= 0.6 is 0 Å². The lowest BCUT2D eigenvalue weighted by molar-refractivity contribution is -0.155. The molecule has 0 aliphatic rings. The summed E-state index contributed by atoms with van der Waals surface area (Å²) in [5.41, 5.74) is 0. The van der Waals surface area contributed by atoms with Crippen LogP contribution in [0.2, 0.25) is 0 Å². The van der Waals surface area contributed by atoms with E-state index in [9.17, 15) is 9.59 Å². The van der Waals surface area contributed by atoms with Crippen LogP contribution in [-0.4, -0.2) is 37.9 Å². The van der Waals surface area contributed by atoms with Gasteiger partial charge in [0.15, 0.2) is 0 Å². The summed E-state index contributed by atoms with van der Waals surface area (Å²) in [4.78, 5) is 25.2. The quantitative estimate of drug-likeness (QED) is 0.0346. The highest BCUT2D eigenvalue weighted by molar-refractivity contribution is 5.69. The van der Waals surface area contributed by atoms with E-state index in [0.29, 0.717) is 19.4 Å². The molecule has 0 aromatic heterocycles. The molecule has 62 heavy (non-hydrogen) atoms. The summed E-state index contributed by atoms with van der Waals surface area (Å²) in [6, 6.07) is 0. The summed E-state index contributed by atoms with van der Waals surface area (Å²) in [6.07, 6.45) is 65.7. The van der Waals surface area contributed by atoms with E-state index >= 15 is 0 Å². The number of carbonyl (C=O) groups excluding carboxylic acids is 2. The van der Waals surface area contributed by atoms with Crippen molar-refractivity contribution in [2.24, 2.45) is 0 Å². The molecule has 0 bridgehead atoms. The number of esters is 2. The van der Waals surface area contributed by atoms with Crippen molar-refractivity contribution in [1.29, 1.82) is 0 Å². The van der Waals surface area contributed by atoms with Crippen LogP contribution in [0.5, 0.6) is 0 Å². The Balaban J connectivity index is 4.28. The van der Waals surface area contributed by atoms with Crippen molar-refractivity contribution in [2.45, 2.75) is 284 Å². The average molecular weight is 869 g/mol. The van der Waals surface area contributed by atoms with E-state index in [1.807, 2.05) is 0 Å². The van der Waals surface area contributed by atoms with E-state index in [-0.39, 0.29) is 25.2 Å².